The Morgan fingerprint density at radius 1 is 0.788 bits per heavy atom. The van der Waals surface area contributed by atoms with E-state index in [0.29, 0.717) is 11.1 Å². The Labute approximate surface area is 224 Å². The number of likely N-dealkylation sites (tertiary alicyclic amines) is 1. The van der Waals surface area contributed by atoms with E-state index in [-0.39, 0.29) is 64.9 Å². The molecule has 0 spiro atoms. The number of amides is 4. The molecule has 1 unspecified atom stereocenters. The SMILES string of the molecule is CC.C[C-](C)C.O=C1CCC(N2C(=O)c3ccccc3C2=O)C(=O)N1C1CCCCC1.[CH3-].[Y]. The van der Waals surface area contributed by atoms with Gasteiger partial charge in [0.05, 0.1) is 11.1 Å². The maximum absolute atomic E-state index is 13.0. The molecule has 3 aliphatic rings. The second-order valence-corrected chi connectivity index (χ2v) is 8.47. The maximum atomic E-state index is 13.0. The first-order valence-corrected chi connectivity index (χ1v) is 11.4. The van der Waals surface area contributed by atoms with E-state index >= 15 is 0 Å². The fourth-order valence-electron chi connectivity index (χ4n) is 4.24. The van der Waals surface area contributed by atoms with E-state index in [2.05, 4.69) is 20.8 Å². The van der Waals surface area contributed by atoms with Crippen LogP contribution in [0.2, 0.25) is 0 Å². The summed E-state index contributed by atoms with van der Waals surface area (Å²) in [6.07, 6.45) is 5.15. The third kappa shape index (κ3) is 7.29. The van der Waals surface area contributed by atoms with Crippen LogP contribution in [-0.4, -0.2) is 45.5 Å². The minimum atomic E-state index is -0.868. The maximum Gasteiger partial charge on any atom is 0.262 e. The Kier molecular flexibility index (Phi) is 14.2. The van der Waals surface area contributed by atoms with Gasteiger partial charge in [-0.05, 0) is 31.4 Å². The second kappa shape index (κ2) is 14.8. The van der Waals surface area contributed by atoms with Gasteiger partial charge in [-0.2, -0.15) is 20.8 Å². The summed E-state index contributed by atoms with van der Waals surface area (Å²) in [5, 5.41) is 0. The molecule has 1 radical (unpaired) electrons. The van der Waals surface area contributed by atoms with E-state index < -0.39 is 23.8 Å². The molecule has 6 nitrogen and oxygen atoms in total. The number of nitrogens with zero attached hydrogens (tertiary/aromatic N) is 2. The van der Waals surface area contributed by atoms with Gasteiger partial charge < -0.3 is 13.3 Å². The van der Waals surface area contributed by atoms with Crippen molar-refractivity contribution >= 4 is 23.6 Å². The zero-order valence-corrected chi connectivity index (χ0v) is 23.9. The molecule has 2 fully saturated rings. The minimum Gasteiger partial charge on any atom is -0.358 e. The van der Waals surface area contributed by atoms with Crippen molar-refractivity contribution < 1.29 is 51.9 Å². The van der Waals surface area contributed by atoms with Crippen molar-refractivity contribution in [2.45, 2.75) is 91.6 Å². The van der Waals surface area contributed by atoms with E-state index in [4.69, 9.17) is 0 Å². The fraction of sp³-hybridized carbons (Fsp3) is 0.538. The molecule has 1 aliphatic carbocycles. The summed E-state index contributed by atoms with van der Waals surface area (Å²) in [6.45, 7) is 10.3. The summed E-state index contributed by atoms with van der Waals surface area (Å²) in [5.74, 6) is -0.0174. The van der Waals surface area contributed by atoms with E-state index in [1.54, 1.807) is 24.3 Å². The monoisotopic (exact) mass is 531 g/mol. The van der Waals surface area contributed by atoms with Gasteiger partial charge in [-0.1, -0.05) is 45.2 Å². The summed E-state index contributed by atoms with van der Waals surface area (Å²) in [4.78, 5) is 53.1. The van der Waals surface area contributed by atoms with Crippen molar-refractivity contribution in [2.75, 3.05) is 0 Å². The number of piperidine rings is 1. The summed E-state index contributed by atoms with van der Waals surface area (Å²) < 4.78 is 0. The second-order valence-electron chi connectivity index (χ2n) is 8.47. The number of carbonyl (C=O) groups excluding carboxylic acids is 4. The smallest absolute Gasteiger partial charge is 0.262 e. The van der Waals surface area contributed by atoms with E-state index in [1.165, 1.54) is 10.8 Å². The van der Waals surface area contributed by atoms with Gasteiger partial charge in [0, 0.05) is 45.2 Å². The predicted molar refractivity (Wildman–Crippen MR) is 127 cm³/mol. The predicted octanol–water partition coefficient (Wildman–Crippen LogP) is 5.23. The Bertz CT molecular complexity index is 781. The number of hydrogen-bond donors (Lipinski definition) is 0. The Balaban J connectivity index is 0.00000116. The number of rotatable bonds is 2. The molecule has 1 aromatic carbocycles. The van der Waals surface area contributed by atoms with Crippen molar-refractivity contribution in [3.8, 4) is 0 Å². The standard InChI is InChI=1S/C19H20N2O4.C4H9.C2H6.CH3.Y/c22-16-11-10-15(19(25)20(16)12-6-2-1-3-7-12)21-17(23)13-8-4-5-9-14(13)18(21)24;1-4(2)3;1-2;;/h4-5,8-9,12,15H,1-3,6-7,10-11H2;1-3H3;1-2H3;1H3;/q;-1;;-1;. The summed E-state index contributed by atoms with van der Waals surface area (Å²) >= 11 is 0. The number of fused-ring (bicyclic) bond motifs is 1. The van der Waals surface area contributed by atoms with Crippen molar-refractivity contribution in [3.63, 3.8) is 0 Å². The summed E-state index contributed by atoms with van der Waals surface area (Å²) in [5.41, 5.74) is 0.669. The molecule has 4 amide bonds. The molecule has 0 aromatic heterocycles. The van der Waals surface area contributed by atoms with Crippen molar-refractivity contribution in [3.05, 3.63) is 48.7 Å². The van der Waals surface area contributed by atoms with Crippen LogP contribution >= 0.6 is 0 Å². The van der Waals surface area contributed by atoms with Crippen molar-refractivity contribution in [1.29, 1.82) is 0 Å². The zero-order chi connectivity index (χ0) is 23.1. The van der Waals surface area contributed by atoms with Gasteiger partial charge in [-0.25, -0.2) is 0 Å². The summed E-state index contributed by atoms with van der Waals surface area (Å²) in [7, 11) is 0. The molecule has 7 heteroatoms. The van der Waals surface area contributed by atoms with Crippen LogP contribution in [0.4, 0.5) is 0 Å². The van der Waals surface area contributed by atoms with Crippen LogP contribution in [0.25, 0.3) is 0 Å². The topological polar surface area (TPSA) is 74.8 Å². The number of imide groups is 2. The molecule has 0 N–H and O–H groups in total. The van der Waals surface area contributed by atoms with Crippen LogP contribution < -0.4 is 0 Å². The van der Waals surface area contributed by atoms with Crippen LogP contribution in [0.1, 0.15) is 100 Å². The third-order valence-electron chi connectivity index (χ3n) is 5.50. The molecule has 1 aromatic rings. The Morgan fingerprint density at radius 3 is 1.70 bits per heavy atom. The first-order valence-electron chi connectivity index (χ1n) is 11.4. The molecule has 2 aliphatic heterocycles. The first-order chi connectivity index (χ1) is 14.8. The largest absolute Gasteiger partial charge is 0.358 e. The molecule has 0 bridgehead atoms. The number of hydrogen-bond acceptors (Lipinski definition) is 4. The molecule has 1 saturated carbocycles. The van der Waals surface area contributed by atoms with Crippen LogP contribution in [0.15, 0.2) is 24.3 Å². The van der Waals surface area contributed by atoms with Gasteiger partial charge in [0.15, 0.2) is 0 Å². The van der Waals surface area contributed by atoms with Gasteiger partial charge >= 0.3 is 0 Å². The molecule has 1 saturated heterocycles. The zero-order valence-electron chi connectivity index (χ0n) is 21.0. The van der Waals surface area contributed by atoms with Crippen LogP contribution in [-0.2, 0) is 42.3 Å². The molecule has 33 heavy (non-hydrogen) atoms. The fourth-order valence-corrected chi connectivity index (χ4v) is 4.24. The van der Waals surface area contributed by atoms with E-state index in [1.807, 2.05) is 13.8 Å². The van der Waals surface area contributed by atoms with Gasteiger partial charge in [-0.3, -0.25) is 29.0 Å². The van der Waals surface area contributed by atoms with Gasteiger partial charge in [0.25, 0.3) is 17.7 Å². The molecular formula is C26H38N2O4Y-2. The van der Waals surface area contributed by atoms with Gasteiger partial charge in [0.2, 0.25) is 5.91 Å². The van der Waals surface area contributed by atoms with Crippen molar-refractivity contribution in [2.24, 2.45) is 0 Å². The molecule has 1 atom stereocenters. The van der Waals surface area contributed by atoms with Crippen LogP contribution in [0.3, 0.4) is 0 Å². The normalized spacial score (nSPS) is 20.1. The first kappa shape index (κ1) is 31.6. The van der Waals surface area contributed by atoms with Crippen LogP contribution in [0, 0.1) is 13.3 Å². The molecule has 181 valence electrons. The molecule has 4 rings (SSSR count). The third-order valence-corrected chi connectivity index (χ3v) is 5.50. The number of carbonyl (C=O) groups is 4. The quantitative estimate of drug-likeness (QED) is 0.387. The van der Waals surface area contributed by atoms with Crippen molar-refractivity contribution in [1.82, 2.24) is 9.80 Å². The average molecular weight is 532 g/mol. The van der Waals surface area contributed by atoms with E-state index in [9.17, 15) is 19.2 Å². The summed E-state index contributed by atoms with van der Waals surface area (Å²) in [6, 6.07) is 5.65. The minimum absolute atomic E-state index is 0. The van der Waals surface area contributed by atoms with E-state index in [0.717, 1.165) is 37.0 Å². The van der Waals surface area contributed by atoms with Crippen LogP contribution in [0.5, 0.6) is 0 Å². The molecular weight excluding hydrogens is 493 g/mol. The van der Waals surface area contributed by atoms with Gasteiger partial charge in [0.1, 0.15) is 6.04 Å². The molecule has 2 heterocycles. The number of benzene rings is 1. The Hall–Kier alpha value is -1.40. The average Bonchev–Trinajstić information content (AvgIpc) is 3.01. The van der Waals surface area contributed by atoms with Gasteiger partial charge in [-0.15, -0.1) is 0 Å². The Morgan fingerprint density at radius 2 is 1.24 bits per heavy atom.